The van der Waals surface area contributed by atoms with E-state index in [1.54, 1.807) is 13.8 Å². The summed E-state index contributed by atoms with van der Waals surface area (Å²) in [6.45, 7) is 7.54. The fraction of sp³-hybridized carbons (Fsp3) is 0.429. The second-order valence-corrected chi connectivity index (χ2v) is 5.37. The molecule has 3 heterocycles. The van der Waals surface area contributed by atoms with Crippen molar-refractivity contribution in [2.75, 3.05) is 0 Å². The number of hydrogen-bond acceptors (Lipinski definition) is 5. The Morgan fingerprint density at radius 1 is 1.05 bits per heavy atom. The van der Waals surface area contributed by atoms with Crippen LogP contribution in [0.4, 0.5) is 0 Å². The van der Waals surface area contributed by atoms with E-state index < -0.39 is 0 Å². The maximum Gasteiger partial charge on any atom is 0.348 e. The maximum atomic E-state index is 12.1. The van der Waals surface area contributed by atoms with Gasteiger partial charge in [0.2, 0.25) is 0 Å². The largest absolute Gasteiger partial charge is 0.359 e. The molecule has 3 rings (SSSR count). The predicted molar refractivity (Wildman–Crippen MR) is 79.2 cm³/mol. The Bertz CT molecular complexity index is 827. The minimum absolute atomic E-state index is 0.287. The second-order valence-electron chi connectivity index (χ2n) is 5.37. The van der Waals surface area contributed by atoms with Crippen molar-refractivity contribution >= 4 is 0 Å². The van der Waals surface area contributed by atoms with E-state index in [0.717, 1.165) is 23.4 Å². The van der Waals surface area contributed by atoms with Crippen LogP contribution in [0.25, 0.3) is 5.69 Å². The average molecular weight is 302 g/mol. The Balaban J connectivity index is 1.95. The van der Waals surface area contributed by atoms with Crippen LogP contribution in [0.5, 0.6) is 0 Å². The first-order valence-electron chi connectivity index (χ1n) is 7.09. The molecule has 0 aromatic carbocycles. The fourth-order valence-electron chi connectivity index (χ4n) is 2.70. The minimum Gasteiger partial charge on any atom is -0.359 e. The van der Waals surface area contributed by atoms with Gasteiger partial charge in [0, 0.05) is 12.1 Å². The van der Waals surface area contributed by atoms with E-state index in [1.807, 2.05) is 13.8 Å². The fourth-order valence-corrected chi connectivity index (χ4v) is 2.70. The summed E-state index contributed by atoms with van der Waals surface area (Å²) in [4.78, 5) is 12.1. The molecule has 0 unspecified atom stereocenters. The van der Waals surface area contributed by atoms with Crippen molar-refractivity contribution in [1.29, 1.82) is 0 Å². The SMILES string of the molecule is Cc1n[nH]c(C)c1CCc1n[nH]c(=O)n1-c1c(C)noc1C. The topological polar surface area (TPSA) is 105 Å². The molecule has 0 fully saturated rings. The Kier molecular flexibility index (Phi) is 3.44. The first-order valence-corrected chi connectivity index (χ1v) is 7.09. The number of aromatic nitrogens is 6. The van der Waals surface area contributed by atoms with Crippen LogP contribution in [-0.4, -0.2) is 30.1 Å². The van der Waals surface area contributed by atoms with Gasteiger partial charge in [-0.05, 0) is 39.7 Å². The molecule has 22 heavy (non-hydrogen) atoms. The van der Waals surface area contributed by atoms with E-state index in [2.05, 4.69) is 25.6 Å². The number of aromatic amines is 2. The van der Waals surface area contributed by atoms with Gasteiger partial charge in [-0.3, -0.25) is 5.10 Å². The quantitative estimate of drug-likeness (QED) is 0.755. The number of nitrogens with zero attached hydrogens (tertiary/aromatic N) is 4. The molecule has 0 atom stereocenters. The highest BCUT2D eigenvalue weighted by Crippen LogP contribution is 2.19. The predicted octanol–water partition coefficient (Wildman–Crippen LogP) is 1.29. The molecule has 0 saturated heterocycles. The number of aryl methyl sites for hydroxylation is 5. The summed E-state index contributed by atoms with van der Waals surface area (Å²) in [5.41, 5.74) is 4.21. The van der Waals surface area contributed by atoms with Crippen LogP contribution in [0.2, 0.25) is 0 Å². The average Bonchev–Trinajstić information content (AvgIpc) is 3.10. The summed E-state index contributed by atoms with van der Waals surface area (Å²) >= 11 is 0. The third-order valence-corrected chi connectivity index (χ3v) is 3.84. The van der Waals surface area contributed by atoms with Crippen molar-refractivity contribution in [2.24, 2.45) is 0 Å². The molecular formula is C14H18N6O2. The van der Waals surface area contributed by atoms with Crippen LogP contribution in [-0.2, 0) is 12.8 Å². The Labute approximate surface area is 126 Å². The summed E-state index contributed by atoms with van der Waals surface area (Å²) in [5.74, 6) is 1.25. The summed E-state index contributed by atoms with van der Waals surface area (Å²) in [5, 5.41) is 17.7. The molecule has 0 spiro atoms. The molecule has 3 aromatic rings. The summed E-state index contributed by atoms with van der Waals surface area (Å²) in [6.07, 6.45) is 1.37. The van der Waals surface area contributed by atoms with E-state index in [1.165, 1.54) is 4.57 Å². The zero-order valence-corrected chi connectivity index (χ0v) is 13.0. The molecule has 0 aliphatic rings. The number of nitrogens with one attached hydrogen (secondary N) is 2. The number of hydrogen-bond donors (Lipinski definition) is 2. The second kappa shape index (κ2) is 5.28. The van der Waals surface area contributed by atoms with E-state index in [-0.39, 0.29) is 5.69 Å². The van der Waals surface area contributed by atoms with Crippen LogP contribution < -0.4 is 5.69 Å². The molecule has 0 amide bonds. The lowest BCUT2D eigenvalue weighted by molar-refractivity contribution is 0.392. The van der Waals surface area contributed by atoms with Crippen molar-refractivity contribution in [3.8, 4) is 5.69 Å². The van der Waals surface area contributed by atoms with Crippen molar-refractivity contribution in [3.63, 3.8) is 0 Å². The van der Waals surface area contributed by atoms with Crippen LogP contribution in [0.15, 0.2) is 9.32 Å². The number of rotatable bonds is 4. The van der Waals surface area contributed by atoms with E-state index in [0.29, 0.717) is 29.4 Å². The molecule has 0 aliphatic heterocycles. The van der Waals surface area contributed by atoms with Crippen molar-refractivity contribution in [2.45, 2.75) is 40.5 Å². The molecule has 0 bridgehead atoms. The molecule has 0 radical (unpaired) electrons. The van der Waals surface area contributed by atoms with Crippen molar-refractivity contribution < 1.29 is 4.52 Å². The lowest BCUT2D eigenvalue weighted by Crippen LogP contribution is -2.18. The van der Waals surface area contributed by atoms with Gasteiger partial charge in [-0.25, -0.2) is 14.5 Å². The molecule has 8 nitrogen and oxygen atoms in total. The lowest BCUT2D eigenvalue weighted by atomic mass is 10.1. The monoisotopic (exact) mass is 302 g/mol. The van der Waals surface area contributed by atoms with Gasteiger partial charge in [0.25, 0.3) is 0 Å². The molecule has 3 aromatic heterocycles. The van der Waals surface area contributed by atoms with E-state index >= 15 is 0 Å². The Hall–Kier alpha value is -2.64. The van der Waals surface area contributed by atoms with Crippen LogP contribution in [0.3, 0.4) is 0 Å². The van der Waals surface area contributed by atoms with Crippen molar-refractivity contribution in [1.82, 2.24) is 30.1 Å². The molecule has 0 saturated carbocycles. The first kappa shape index (κ1) is 14.3. The van der Waals surface area contributed by atoms with Gasteiger partial charge in [-0.15, -0.1) is 0 Å². The smallest absolute Gasteiger partial charge is 0.348 e. The van der Waals surface area contributed by atoms with Gasteiger partial charge in [-0.1, -0.05) is 5.16 Å². The molecule has 0 aliphatic carbocycles. The Morgan fingerprint density at radius 2 is 1.82 bits per heavy atom. The third kappa shape index (κ3) is 2.26. The highest BCUT2D eigenvalue weighted by molar-refractivity contribution is 5.39. The molecule has 2 N–H and O–H groups in total. The lowest BCUT2D eigenvalue weighted by Gasteiger charge is -2.05. The van der Waals surface area contributed by atoms with Crippen molar-refractivity contribution in [3.05, 3.63) is 44.7 Å². The first-order chi connectivity index (χ1) is 10.5. The zero-order valence-electron chi connectivity index (χ0n) is 13.0. The summed E-state index contributed by atoms with van der Waals surface area (Å²) in [6, 6.07) is 0. The van der Waals surface area contributed by atoms with Gasteiger partial charge in [-0.2, -0.15) is 10.2 Å². The molecule has 8 heteroatoms. The summed E-state index contributed by atoms with van der Waals surface area (Å²) in [7, 11) is 0. The minimum atomic E-state index is -0.287. The third-order valence-electron chi connectivity index (χ3n) is 3.84. The highest BCUT2D eigenvalue weighted by atomic mass is 16.5. The standard InChI is InChI=1S/C14H18N6O2/c1-7-11(8(2)16-15-7)5-6-12-17-18-14(21)20(12)13-9(3)19-22-10(13)4/h5-6H2,1-4H3,(H,15,16)(H,18,21). The van der Waals surface area contributed by atoms with Gasteiger partial charge in [0.15, 0.2) is 5.76 Å². The van der Waals surface area contributed by atoms with Gasteiger partial charge >= 0.3 is 5.69 Å². The molecular weight excluding hydrogens is 284 g/mol. The maximum absolute atomic E-state index is 12.1. The zero-order chi connectivity index (χ0) is 15.9. The Morgan fingerprint density at radius 3 is 2.41 bits per heavy atom. The van der Waals surface area contributed by atoms with Crippen LogP contribution in [0, 0.1) is 27.7 Å². The molecule has 116 valence electrons. The van der Waals surface area contributed by atoms with Crippen LogP contribution in [0.1, 0.15) is 34.2 Å². The van der Waals surface area contributed by atoms with E-state index in [9.17, 15) is 4.79 Å². The normalized spacial score (nSPS) is 11.3. The summed E-state index contributed by atoms with van der Waals surface area (Å²) < 4.78 is 6.68. The van der Waals surface area contributed by atoms with E-state index in [4.69, 9.17) is 4.52 Å². The van der Waals surface area contributed by atoms with Crippen LogP contribution >= 0.6 is 0 Å². The highest BCUT2D eigenvalue weighted by Gasteiger charge is 2.19. The van der Waals surface area contributed by atoms with Gasteiger partial charge in [0.05, 0.1) is 5.69 Å². The van der Waals surface area contributed by atoms with Gasteiger partial charge in [0.1, 0.15) is 17.2 Å². The number of H-pyrrole nitrogens is 2. The van der Waals surface area contributed by atoms with Gasteiger partial charge < -0.3 is 4.52 Å².